The van der Waals surface area contributed by atoms with Crippen LogP contribution in [0.4, 0.5) is 11.5 Å². The molecule has 1 amide bonds. The lowest BCUT2D eigenvalue weighted by atomic mass is 10.2. The molecule has 0 spiro atoms. The van der Waals surface area contributed by atoms with Crippen molar-refractivity contribution in [3.05, 3.63) is 50.3 Å². The number of aryl methyl sites for hydroxylation is 1. The fourth-order valence-corrected chi connectivity index (χ4v) is 3.35. The summed E-state index contributed by atoms with van der Waals surface area (Å²) in [7, 11) is 0. The van der Waals surface area contributed by atoms with E-state index in [-0.39, 0.29) is 11.6 Å². The van der Waals surface area contributed by atoms with Crippen LogP contribution in [-0.2, 0) is 0 Å². The monoisotopic (exact) mass is 332 g/mol. The van der Waals surface area contributed by atoms with Crippen LogP contribution in [0, 0.1) is 17.0 Å². The number of carbonyl (C=O) groups excluding carboxylic acids is 1. The maximum atomic E-state index is 12.3. The van der Waals surface area contributed by atoms with E-state index in [0.29, 0.717) is 26.2 Å². The van der Waals surface area contributed by atoms with Gasteiger partial charge in [0.15, 0.2) is 0 Å². The predicted molar refractivity (Wildman–Crippen MR) is 88.1 cm³/mol. The first kappa shape index (κ1) is 15.4. The van der Waals surface area contributed by atoms with Crippen LogP contribution in [0.2, 0.25) is 0 Å². The number of carbonyl (C=O) groups is 1. The van der Waals surface area contributed by atoms with E-state index in [9.17, 15) is 14.9 Å². The van der Waals surface area contributed by atoms with Crippen molar-refractivity contribution in [3.63, 3.8) is 0 Å². The first-order chi connectivity index (χ1) is 11.1. The van der Waals surface area contributed by atoms with E-state index < -0.39 is 4.92 Å². The molecule has 3 rings (SSSR count). The van der Waals surface area contributed by atoms with E-state index in [1.54, 1.807) is 0 Å². The summed E-state index contributed by atoms with van der Waals surface area (Å²) in [6, 6.07) is 5.24. The lowest BCUT2D eigenvalue weighted by molar-refractivity contribution is -0.385. The van der Waals surface area contributed by atoms with Crippen LogP contribution in [0.5, 0.6) is 0 Å². The van der Waals surface area contributed by atoms with Gasteiger partial charge in [0, 0.05) is 32.2 Å². The van der Waals surface area contributed by atoms with Gasteiger partial charge in [-0.3, -0.25) is 14.9 Å². The minimum atomic E-state index is -0.443. The summed E-state index contributed by atoms with van der Waals surface area (Å²) in [4.78, 5) is 31.5. The Bertz CT molecular complexity index is 724. The van der Waals surface area contributed by atoms with Crippen LogP contribution in [0.3, 0.4) is 0 Å². The molecule has 23 heavy (non-hydrogen) atoms. The first-order valence-corrected chi connectivity index (χ1v) is 8.13. The van der Waals surface area contributed by atoms with Crippen molar-refractivity contribution in [2.75, 3.05) is 31.1 Å². The molecule has 1 aliphatic rings. The standard InChI is InChI=1S/C15H16N4O3S/c1-11-9-12(19(21)22)10-16-14(11)17-4-6-18(7-5-17)15(20)13-3-2-8-23-13/h2-3,8-10H,4-7H2,1H3. The van der Waals surface area contributed by atoms with Gasteiger partial charge < -0.3 is 9.80 Å². The molecule has 0 unspecified atom stereocenters. The van der Waals surface area contributed by atoms with Gasteiger partial charge >= 0.3 is 0 Å². The molecule has 0 atom stereocenters. The molecular formula is C15H16N4O3S. The van der Waals surface area contributed by atoms with Crippen molar-refractivity contribution in [1.29, 1.82) is 0 Å². The summed E-state index contributed by atoms with van der Waals surface area (Å²) in [5, 5.41) is 12.7. The Morgan fingerprint density at radius 2 is 2.09 bits per heavy atom. The molecular weight excluding hydrogens is 316 g/mol. The molecule has 0 saturated carbocycles. The van der Waals surface area contributed by atoms with Gasteiger partial charge in [-0.1, -0.05) is 6.07 Å². The quantitative estimate of drug-likeness (QED) is 0.636. The largest absolute Gasteiger partial charge is 0.353 e. The molecule has 0 bridgehead atoms. The first-order valence-electron chi connectivity index (χ1n) is 7.25. The van der Waals surface area contributed by atoms with Crippen LogP contribution < -0.4 is 4.90 Å². The molecule has 3 heterocycles. The number of piperazine rings is 1. The van der Waals surface area contributed by atoms with Crippen molar-refractivity contribution >= 4 is 28.7 Å². The molecule has 0 N–H and O–H groups in total. The normalized spacial score (nSPS) is 14.8. The van der Waals surface area contributed by atoms with Crippen LogP contribution in [0.15, 0.2) is 29.8 Å². The third kappa shape index (κ3) is 3.16. The van der Waals surface area contributed by atoms with Gasteiger partial charge in [-0.2, -0.15) is 0 Å². The maximum absolute atomic E-state index is 12.3. The number of anilines is 1. The van der Waals surface area contributed by atoms with Gasteiger partial charge in [0.2, 0.25) is 0 Å². The Labute approximate surface area is 137 Å². The zero-order chi connectivity index (χ0) is 16.4. The molecule has 0 aromatic carbocycles. The van der Waals surface area contributed by atoms with Crippen LogP contribution >= 0.6 is 11.3 Å². The summed E-state index contributed by atoms with van der Waals surface area (Å²) in [6.07, 6.45) is 1.28. The maximum Gasteiger partial charge on any atom is 0.287 e. The number of amides is 1. The minimum Gasteiger partial charge on any atom is -0.353 e. The highest BCUT2D eigenvalue weighted by Gasteiger charge is 2.24. The highest BCUT2D eigenvalue weighted by Crippen LogP contribution is 2.23. The average Bonchev–Trinajstić information content (AvgIpc) is 3.08. The second kappa shape index (κ2) is 6.33. The Morgan fingerprint density at radius 1 is 1.35 bits per heavy atom. The van der Waals surface area contributed by atoms with Gasteiger partial charge in [-0.25, -0.2) is 4.98 Å². The van der Waals surface area contributed by atoms with Crippen molar-refractivity contribution in [3.8, 4) is 0 Å². The molecule has 2 aromatic heterocycles. The van der Waals surface area contributed by atoms with E-state index >= 15 is 0 Å². The summed E-state index contributed by atoms with van der Waals surface area (Å²) in [5.41, 5.74) is 0.773. The zero-order valence-electron chi connectivity index (χ0n) is 12.6. The van der Waals surface area contributed by atoms with E-state index in [4.69, 9.17) is 0 Å². The van der Waals surface area contributed by atoms with Gasteiger partial charge in [0.1, 0.15) is 12.0 Å². The van der Waals surface area contributed by atoms with Crippen molar-refractivity contribution in [2.45, 2.75) is 6.92 Å². The molecule has 0 radical (unpaired) electrons. The van der Waals surface area contributed by atoms with Gasteiger partial charge in [-0.15, -0.1) is 11.3 Å². The number of hydrogen-bond acceptors (Lipinski definition) is 6. The Hall–Kier alpha value is -2.48. The number of pyridine rings is 1. The molecule has 0 aliphatic carbocycles. The summed E-state index contributed by atoms with van der Waals surface area (Å²) < 4.78 is 0. The minimum absolute atomic E-state index is 0.00207. The smallest absolute Gasteiger partial charge is 0.287 e. The van der Waals surface area contributed by atoms with E-state index in [0.717, 1.165) is 16.3 Å². The van der Waals surface area contributed by atoms with E-state index in [2.05, 4.69) is 9.88 Å². The number of aromatic nitrogens is 1. The number of nitrogens with zero attached hydrogens (tertiary/aromatic N) is 4. The number of nitro groups is 1. The van der Waals surface area contributed by atoms with Gasteiger partial charge in [0.25, 0.3) is 11.6 Å². The third-order valence-corrected chi connectivity index (χ3v) is 4.70. The van der Waals surface area contributed by atoms with Crippen molar-refractivity contribution in [1.82, 2.24) is 9.88 Å². The predicted octanol–water partition coefficient (Wildman–Crippen LogP) is 2.32. The van der Waals surface area contributed by atoms with Crippen LogP contribution in [0.25, 0.3) is 0 Å². The highest BCUT2D eigenvalue weighted by atomic mass is 32.1. The highest BCUT2D eigenvalue weighted by molar-refractivity contribution is 7.12. The molecule has 2 aromatic rings. The molecule has 1 fully saturated rings. The lowest BCUT2D eigenvalue weighted by Crippen LogP contribution is -2.49. The second-order valence-electron chi connectivity index (χ2n) is 5.35. The van der Waals surface area contributed by atoms with Crippen LogP contribution in [-0.4, -0.2) is 46.9 Å². The molecule has 120 valence electrons. The van der Waals surface area contributed by atoms with Gasteiger partial charge in [-0.05, 0) is 23.9 Å². The fraction of sp³-hybridized carbons (Fsp3) is 0.333. The average molecular weight is 332 g/mol. The topological polar surface area (TPSA) is 79.6 Å². The van der Waals surface area contributed by atoms with Crippen molar-refractivity contribution < 1.29 is 9.72 Å². The van der Waals surface area contributed by atoms with Crippen LogP contribution in [0.1, 0.15) is 15.2 Å². The summed E-state index contributed by atoms with van der Waals surface area (Å²) >= 11 is 1.45. The second-order valence-corrected chi connectivity index (χ2v) is 6.30. The molecule has 8 heteroatoms. The van der Waals surface area contributed by atoms with E-state index in [1.165, 1.54) is 23.6 Å². The molecule has 1 aliphatic heterocycles. The number of thiophene rings is 1. The number of rotatable bonds is 3. The molecule has 7 nitrogen and oxygen atoms in total. The third-order valence-electron chi connectivity index (χ3n) is 3.85. The SMILES string of the molecule is Cc1cc([N+](=O)[O-])cnc1N1CCN(C(=O)c2cccs2)CC1. The molecule has 1 saturated heterocycles. The fourth-order valence-electron chi connectivity index (χ4n) is 2.66. The summed E-state index contributed by atoms with van der Waals surface area (Å²) in [5.74, 6) is 0.812. The Balaban J connectivity index is 1.67. The summed E-state index contributed by atoms with van der Waals surface area (Å²) in [6.45, 7) is 4.40. The number of hydrogen-bond donors (Lipinski definition) is 0. The van der Waals surface area contributed by atoms with Gasteiger partial charge in [0.05, 0.1) is 9.80 Å². The Kier molecular flexibility index (Phi) is 4.24. The van der Waals surface area contributed by atoms with E-state index in [1.807, 2.05) is 29.3 Å². The lowest BCUT2D eigenvalue weighted by Gasteiger charge is -2.35. The Morgan fingerprint density at radius 3 is 2.65 bits per heavy atom. The van der Waals surface area contributed by atoms with Crippen molar-refractivity contribution in [2.24, 2.45) is 0 Å². The zero-order valence-corrected chi connectivity index (χ0v) is 13.5.